The van der Waals surface area contributed by atoms with E-state index in [0.29, 0.717) is 14.3 Å². The molecular weight excluding hydrogens is 379 g/mol. The lowest BCUT2D eigenvalue weighted by Crippen LogP contribution is -1.91. The zero-order valence-electron chi connectivity index (χ0n) is 8.22. The lowest BCUT2D eigenvalue weighted by molar-refractivity contribution is 0.469. The third-order valence-electron chi connectivity index (χ3n) is 2.11. The number of halogens is 4. The van der Waals surface area contributed by atoms with Crippen LogP contribution in [0.4, 0.5) is 4.39 Å². The first-order valence-electron chi connectivity index (χ1n) is 4.49. The van der Waals surface area contributed by atoms with Crippen LogP contribution >= 0.6 is 45.8 Å². The Labute approximate surface area is 121 Å². The molecule has 0 unspecified atom stereocenters. The smallest absolute Gasteiger partial charge is 0.172 e. The van der Waals surface area contributed by atoms with Gasteiger partial charge in [-0.1, -0.05) is 23.2 Å². The molecule has 2 rings (SSSR count). The van der Waals surface area contributed by atoms with Gasteiger partial charge in [-0.25, -0.2) is 9.37 Å². The van der Waals surface area contributed by atoms with E-state index in [0.717, 1.165) is 0 Å². The average Bonchev–Trinajstić information content (AvgIpc) is 2.28. The molecule has 2 nitrogen and oxygen atoms in total. The summed E-state index contributed by atoms with van der Waals surface area (Å²) in [4.78, 5) is 3.92. The summed E-state index contributed by atoms with van der Waals surface area (Å²) >= 11 is 13.4. The maximum atomic E-state index is 13.6. The number of nitrogens with zero attached hydrogens (tertiary/aromatic N) is 1. The number of aromatic hydroxyl groups is 1. The van der Waals surface area contributed by atoms with Crippen LogP contribution in [0, 0.1) is 9.39 Å². The molecule has 1 aromatic heterocycles. The minimum absolute atomic E-state index is 0.0636. The van der Waals surface area contributed by atoms with Crippen LogP contribution in [0.5, 0.6) is 5.75 Å². The maximum Gasteiger partial charge on any atom is 0.172 e. The second-order valence-corrected chi connectivity index (χ2v) is 5.21. The first-order chi connectivity index (χ1) is 7.99. The van der Waals surface area contributed by atoms with Crippen LogP contribution in [0.2, 0.25) is 10.2 Å². The van der Waals surface area contributed by atoms with Crippen LogP contribution in [-0.4, -0.2) is 10.1 Å². The van der Waals surface area contributed by atoms with Crippen LogP contribution in [0.1, 0.15) is 0 Å². The summed E-state index contributed by atoms with van der Waals surface area (Å²) in [6.45, 7) is 0. The van der Waals surface area contributed by atoms with Crippen molar-refractivity contribution < 1.29 is 9.50 Å². The van der Waals surface area contributed by atoms with Crippen molar-refractivity contribution in [2.45, 2.75) is 0 Å². The van der Waals surface area contributed by atoms with Gasteiger partial charge in [0.15, 0.2) is 10.9 Å². The van der Waals surface area contributed by atoms with Crippen molar-refractivity contribution in [3.63, 3.8) is 0 Å². The van der Waals surface area contributed by atoms with Crippen molar-refractivity contribution in [2.75, 3.05) is 0 Å². The lowest BCUT2D eigenvalue weighted by atomic mass is 10.1. The summed E-state index contributed by atoms with van der Waals surface area (Å²) in [6, 6.07) is 5.71. The van der Waals surface area contributed by atoms with Crippen LogP contribution < -0.4 is 0 Å². The highest BCUT2D eigenvalue weighted by Gasteiger charge is 2.12. The summed E-state index contributed by atoms with van der Waals surface area (Å²) in [6.07, 6.45) is 0. The van der Waals surface area contributed by atoms with Crippen molar-refractivity contribution in [3.8, 4) is 17.0 Å². The van der Waals surface area contributed by atoms with E-state index in [4.69, 9.17) is 23.2 Å². The van der Waals surface area contributed by atoms with E-state index in [2.05, 4.69) is 4.98 Å². The first-order valence-corrected chi connectivity index (χ1v) is 6.33. The molecule has 0 amide bonds. The second-order valence-electron chi connectivity index (χ2n) is 3.25. The highest BCUT2D eigenvalue weighted by Crippen LogP contribution is 2.32. The van der Waals surface area contributed by atoms with E-state index >= 15 is 0 Å². The predicted molar refractivity (Wildman–Crippen MR) is 74.0 cm³/mol. The SMILES string of the molecule is Oc1c(I)cc(-c2cc(Cl)ccc2F)nc1Cl. The number of benzene rings is 1. The van der Waals surface area contributed by atoms with Gasteiger partial charge in [-0.05, 0) is 46.9 Å². The van der Waals surface area contributed by atoms with Crippen molar-refractivity contribution >= 4 is 45.8 Å². The summed E-state index contributed by atoms with van der Waals surface area (Å²) in [7, 11) is 0. The molecule has 1 heterocycles. The average molecular weight is 384 g/mol. The van der Waals surface area contributed by atoms with Gasteiger partial charge in [0.1, 0.15) is 5.82 Å². The Balaban J connectivity index is 2.64. The Morgan fingerprint density at radius 2 is 1.94 bits per heavy atom. The molecule has 88 valence electrons. The molecule has 0 fully saturated rings. The highest BCUT2D eigenvalue weighted by molar-refractivity contribution is 14.1. The Morgan fingerprint density at radius 1 is 1.24 bits per heavy atom. The fourth-order valence-electron chi connectivity index (χ4n) is 1.31. The molecule has 0 aliphatic carbocycles. The quantitative estimate of drug-likeness (QED) is 0.580. The molecular formula is C11H5Cl2FINO. The zero-order chi connectivity index (χ0) is 12.6. The highest BCUT2D eigenvalue weighted by atomic mass is 127. The van der Waals surface area contributed by atoms with E-state index in [1.807, 2.05) is 22.6 Å². The van der Waals surface area contributed by atoms with Gasteiger partial charge < -0.3 is 5.11 Å². The Morgan fingerprint density at radius 3 is 2.59 bits per heavy atom. The Kier molecular flexibility index (Phi) is 3.75. The van der Waals surface area contributed by atoms with Gasteiger partial charge >= 0.3 is 0 Å². The van der Waals surface area contributed by atoms with Crippen molar-refractivity contribution in [1.82, 2.24) is 4.98 Å². The number of hydrogen-bond acceptors (Lipinski definition) is 2. The predicted octanol–water partition coefficient (Wildman–Crippen LogP) is 4.50. The number of hydrogen-bond donors (Lipinski definition) is 1. The molecule has 17 heavy (non-hydrogen) atoms. The number of pyridine rings is 1. The van der Waals surface area contributed by atoms with Gasteiger partial charge in [0.05, 0.1) is 9.26 Å². The van der Waals surface area contributed by atoms with Gasteiger partial charge in [-0.3, -0.25) is 0 Å². The molecule has 0 aliphatic rings. The second kappa shape index (κ2) is 4.96. The van der Waals surface area contributed by atoms with Crippen molar-refractivity contribution in [2.24, 2.45) is 0 Å². The van der Waals surface area contributed by atoms with Crippen LogP contribution in [0.3, 0.4) is 0 Å². The third-order valence-corrected chi connectivity index (χ3v) is 3.43. The molecule has 6 heteroatoms. The van der Waals surface area contributed by atoms with Gasteiger partial charge in [0.25, 0.3) is 0 Å². The van der Waals surface area contributed by atoms with Crippen LogP contribution in [0.25, 0.3) is 11.3 Å². The molecule has 0 saturated carbocycles. The molecule has 0 spiro atoms. The topological polar surface area (TPSA) is 33.1 Å². The monoisotopic (exact) mass is 383 g/mol. The Bertz CT molecular complexity index is 569. The maximum absolute atomic E-state index is 13.6. The van der Waals surface area contributed by atoms with E-state index < -0.39 is 5.82 Å². The first kappa shape index (κ1) is 12.9. The van der Waals surface area contributed by atoms with Gasteiger partial charge in [0, 0.05) is 10.6 Å². The van der Waals surface area contributed by atoms with E-state index in [1.54, 1.807) is 0 Å². The van der Waals surface area contributed by atoms with Gasteiger partial charge in [-0.15, -0.1) is 0 Å². The van der Waals surface area contributed by atoms with E-state index in [1.165, 1.54) is 24.3 Å². The minimum Gasteiger partial charge on any atom is -0.504 e. The van der Waals surface area contributed by atoms with Crippen LogP contribution in [-0.2, 0) is 0 Å². The largest absolute Gasteiger partial charge is 0.504 e. The molecule has 0 saturated heterocycles. The van der Waals surface area contributed by atoms with Gasteiger partial charge in [-0.2, -0.15) is 0 Å². The zero-order valence-corrected chi connectivity index (χ0v) is 11.9. The molecule has 0 atom stereocenters. The molecule has 1 N–H and O–H groups in total. The molecule has 0 radical (unpaired) electrons. The van der Waals surface area contributed by atoms with Crippen LogP contribution in [0.15, 0.2) is 24.3 Å². The fraction of sp³-hybridized carbons (Fsp3) is 0. The summed E-state index contributed by atoms with van der Waals surface area (Å²) < 4.78 is 14.1. The fourth-order valence-corrected chi connectivity index (χ4v) is 2.38. The van der Waals surface area contributed by atoms with Crippen molar-refractivity contribution in [3.05, 3.63) is 43.8 Å². The molecule has 2 aromatic rings. The minimum atomic E-state index is -0.445. The van der Waals surface area contributed by atoms with Crippen molar-refractivity contribution in [1.29, 1.82) is 0 Å². The molecule has 0 bridgehead atoms. The lowest BCUT2D eigenvalue weighted by Gasteiger charge is -2.06. The molecule has 1 aromatic carbocycles. The summed E-state index contributed by atoms with van der Waals surface area (Å²) in [5, 5.41) is 9.82. The molecule has 0 aliphatic heterocycles. The third kappa shape index (κ3) is 2.64. The summed E-state index contributed by atoms with van der Waals surface area (Å²) in [5.41, 5.74) is 0.578. The normalized spacial score (nSPS) is 10.6. The van der Waals surface area contributed by atoms with E-state index in [-0.39, 0.29) is 16.5 Å². The van der Waals surface area contributed by atoms with Gasteiger partial charge in [0.2, 0.25) is 0 Å². The number of aromatic nitrogens is 1. The Hall–Kier alpha value is -0.590. The summed E-state index contributed by atoms with van der Waals surface area (Å²) in [5.74, 6) is -0.557. The van der Waals surface area contributed by atoms with E-state index in [9.17, 15) is 9.50 Å². The number of rotatable bonds is 1. The standard InChI is InChI=1S/C11H5Cl2FINO/c12-5-1-2-7(14)6(3-5)9-4-8(15)10(17)11(13)16-9/h1-4,17H.